The normalized spacial score (nSPS) is 24.5. The van der Waals surface area contributed by atoms with Gasteiger partial charge in [-0.2, -0.15) is 22.3 Å². The number of hydrogen-bond donors (Lipinski definition) is 0. The second kappa shape index (κ2) is 12.4. The lowest BCUT2D eigenvalue weighted by Gasteiger charge is -2.35. The number of Topliss-reactive ketones (excluding diaryl/α,β-unsaturated/α-hetero) is 1. The number of rotatable bonds is 10. The first-order valence-electron chi connectivity index (χ1n) is 15.9. The number of aromatic nitrogens is 2. The molecule has 1 saturated carbocycles. The van der Waals surface area contributed by atoms with Gasteiger partial charge in [-0.3, -0.25) is 29.4 Å². The molecule has 3 fully saturated rings. The van der Waals surface area contributed by atoms with Crippen LogP contribution < -0.4 is 0 Å². The van der Waals surface area contributed by atoms with E-state index in [1.54, 1.807) is 62.6 Å². The molecule has 2 saturated heterocycles. The van der Waals surface area contributed by atoms with Crippen molar-refractivity contribution in [1.29, 1.82) is 5.26 Å². The van der Waals surface area contributed by atoms with Crippen LogP contribution in [-0.4, -0.2) is 112 Å². The zero-order valence-corrected chi connectivity index (χ0v) is 27.0. The highest BCUT2D eigenvalue weighted by atomic mass is 32.2. The van der Waals surface area contributed by atoms with Crippen LogP contribution in [0.4, 0.5) is 0 Å². The topological polar surface area (TPSA) is 143 Å². The van der Waals surface area contributed by atoms with E-state index in [1.165, 1.54) is 0 Å². The van der Waals surface area contributed by atoms with Crippen LogP contribution in [0.25, 0.3) is 0 Å². The first-order valence-corrected chi connectivity index (χ1v) is 17.3. The number of benzene rings is 1. The Morgan fingerprint density at radius 1 is 0.872 bits per heavy atom. The summed E-state index contributed by atoms with van der Waals surface area (Å²) in [5.41, 5.74) is 1.47. The smallest absolute Gasteiger partial charge is 0.282 e. The third kappa shape index (κ3) is 5.98. The Hall–Kier alpha value is -4.35. The van der Waals surface area contributed by atoms with Crippen LogP contribution in [0.5, 0.6) is 0 Å². The molecular weight excluding hydrogens is 616 g/mol. The maximum Gasteiger partial charge on any atom is 0.282 e. The summed E-state index contributed by atoms with van der Waals surface area (Å²) in [7, 11) is -1.62. The molecule has 0 N–H and O–H groups in total. The molecule has 4 aliphatic rings. The molecule has 2 unspecified atom stereocenters. The predicted octanol–water partition coefficient (Wildman–Crippen LogP) is 1.81. The van der Waals surface area contributed by atoms with Crippen LogP contribution in [0.2, 0.25) is 0 Å². The van der Waals surface area contributed by atoms with E-state index >= 15 is 0 Å². The number of nitriles is 1. The highest BCUT2D eigenvalue weighted by Gasteiger charge is 2.65. The lowest BCUT2D eigenvalue weighted by atomic mass is 9.85. The number of nitrogens with zero attached hydrogens (tertiary/aromatic N) is 8. The van der Waals surface area contributed by atoms with Gasteiger partial charge < -0.3 is 4.90 Å². The van der Waals surface area contributed by atoms with Crippen LogP contribution in [-0.2, 0) is 27.8 Å². The number of amidine groups is 1. The van der Waals surface area contributed by atoms with Gasteiger partial charge in [-0.15, -0.1) is 0 Å². The Bertz CT molecular complexity index is 1780. The number of piperidine rings is 1. The number of likely N-dealkylation sites (N-methyl/N-ethyl adjacent to an activating group) is 1. The second-order valence-electron chi connectivity index (χ2n) is 12.9. The Morgan fingerprint density at radius 2 is 1.43 bits per heavy atom. The molecule has 13 heteroatoms. The van der Waals surface area contributed by atoms with Gasteiger partial charge in [-0.05, 0) is 54.6 Å². The second-order valence-corrected chi connectivity index (χ2v) is 14.9. The molecule has 0 spiro atoms. The Morgan fingerprint density at radius 3 is 1.96 bits per heavy atom. The van der Waals surface area contributed by atoms with E-state index in [9.17, 15) is 23.3 Å². The molecule has 0 bridgehead atoms. The van der Waals surface area contributed by atoms with E-state index in [0.717, 1.165) is 11.1 Å². The number of aliphatic imine (C=N–C) groups is 1. The summed E-state index contributed by atoms with van der Waals surface area (Å²) in [6.07, 6.45) is 7.28. The number of ketones is 1. The van der Waals surface area contributed by atoms with Gasteiger partial charge in [0.05, 0.1) is 18.1 Å². The fourth-order valence-corrected chi connectivity index (χ4v) is 8.95. The van der Waals surface area contributed by atoms with Gasteiger partial charge >= 0.3 is 0 Å². The van der Waals surface area contributed by atoms with Gasteiger partial charge in [0.2, 0.25) is 0 Å². The highest BCUT2D eigenvalue weighted by molar-refractivity contribution is 7.86. The molecule has 5 heterocycles. The number of amides is 1. The molecule has 2 atom stereocenters. The molecule has 0 radical (unpaired) electrons. The van der Waals surface area contributed by atoms with Crippen molar-refractivity contribution in [2.75, 3.05) is 46.3 Å². The lowest BCUT2D eigenvalue weighted by molar-refractivity contribution is -0.132. The van der Waals surface area contributed by atoms with Crippen molar-refractivity contribution in [3.8, 4) is 6.07 Å². The van der Waals surface area contributed by atoms with E-state index in [-0.39, 0.29) is 36.0 Å². The molecule has 7 rings (SSSR count). The van der Waals surface area contributed by atoms with Crippen molar-refractivity contribution in [2.45, 2.75) is 30.8 Å². The largest absolute Gasteiger partial charge is 0.304 e. The van der Waals surface area contributed by atoms with Crippen molar-refractivity contribution in [1.82, 2.24) is 28.4 Å². The Labute approximate surface area is 274 Å². The van der Waals surface area contributed by atoms with Crippen molar-refractivity contribution in [3.05, 3.63) is 95.6 Å². The van der Waals surface area contributed by atoms with Gasteiger partial charge in [0, 0.05) is 100 Å². The Kier molecular flexibility index (Phi) is 8.21. The summed E-state index contributed by atoms with van der Waals surface area (Å²) in [6, 6.07) is 15.7. The van der Waals surface area contributed by atoms with Gasteiger partial charge in [-0.1, -0.05) is 12.1 Å². The van der Waals surface area contributed by atoms with E-state index in [2.05, 4.69) is 20.9 Å². The number of carbonyl (C=O) groups excluding carboxylic acids is 2. The predicted molar refractivity (Wildman–Crippen MR) is 173 cm³/mol. The zero-order valence-electron chi connectivity index (χ0n) is 26.1. The van der Waals surface area contributed by atoms with E-state index in [4.69, 9.17) is 4.99 Å². The number of carbonyl (C=O) groups is 2. The average molecular weight is 653 g/mol. The minimum atomic E-state index is -3.61. The highest BCUT2D eigenvalue weighted by Crippen LogP contribution is 2.52. The number of fused-ring (bicyclic) bond motifs is 1. The first-order chi connectivity index (χ1) is 22.7. The summed E-state index contributed by atoms with van der Waals surface area (Å²) in [5.74, 6) is -0.0789. The average Bonchev–Trinajstić information content (AvgIpc) is 3.41. The van der Waals surface area contributed by atoms with E-state index < -0.39 is 15.7 Å². The molecule has 1 amide bonds. The van der Waals surface area contributed by atoms with Crippen LogP contribution >= 0.6 is 0 Å². The van der Waals surface area contributed by atoms with Gasteiger partial charge in [0.1, 0.15) is 11.4 Å². The monoisotopic (exact) mass is 652 g/mol. The number of pyridine rings is 2. The molecule has 3 aliphatic heterocycles. The molecule has 2 aromatic heterocycles. The molecule has 3 aromatic rings. The van der Waals surface area contributed by atoms with Crippen LogP contribution in [0.3, 0.4) is 0 Å². The minimum Gasteiger partial charge on any atom is -0.304 e. The lowest BCUT2D eigenvalue weighted by Crippen LogP contribution is -2.53. The number of hydrogen-bond acceptors (Lipinski definition) is 9. The van der Waals surface area contributed by atoms with Crippen LogP contribution in [0.15, 0.2) is 78.3 Å². The summed E-state index contributed by atoms with van der Waals surface area (Å²) in [4.78, 5) is 45.7. The van der Waals surface area contributed by atoms with Crippen LogP contribution in [0, 0.1) is 23.2 Å². The third-order valence-electron chi connectivity index (χ3n) is 9.91. The summed E-state index contributed by atoms with van der Waals surface area (Å²) in [5, 5.41) is 9.21. The standard InChI is InChI=1S/C34H36N8O4S/c1-39-14-16-40(17-15-39)47(45,46)41-22-28-29(23-41)32(28)42-31(18-30(43)27-4-2-26(21-35)3-5-27)38-34(33(42)44,19-24-6-10-36-11-7-24)20-25-8-12-37-13-9-25/h2-13,28-29,32H,14-20,22-23H2,1H3. The zero-order chi connectivity index (χ0) is 32.8. The van der Waals surface area contributed by atoms with Crippen molar-refractivity contribution in [2.24, 2.45) is 16.8 Å². The molecule has 1 aliphatic carbocycles. The van der Waals surface area contributed by atoms with Crippen molar-refractivity contribution >= 4 is 27.7 Å². The molecular formula is C34H36N8O4S. The summed E-state index contributed by atoms with van der Waals surface area (Å²) < 4.78 is 30.2. The maximum atomic E-state index is 14.8. The van der Waals surface area contributed by atoms with Crippen LogP contribution in [0.1, 0.15) is 33.5 Å². The first kappa shape index (κ1) is 31.3. The quantitative estimate of drug-likeness (QED) is 0.302. The fraction of sp³-hybridized carbons (Fsp3) is 0.412. The summed E-state index contributed by atoms with van der Waals surface area (Å²) in [6.45, 7) is 2.95. The molecule has 47 heavy (non-hydrogen) atoms. The maximum absolute atomic E-state index is 14.8. The molecule has 1 aromatic carbocycles. The third-order valence-corrected chi connectivity index (χ3v) is 11.9. The minimum absolute atomic E-state index is 0.0472. The SMILES string of the molecule is CN1CCN(S(=O)(=O)N2CC3C(C2)C3N2C(=O)C(Cc3ccncc3)(Cc3ccncc3)N=C2CC(=O)c2ccc(C#N)cc2)CC1. The van der Waals surface area contributed by atoms with E-state index in [1.807, 2.05) is 31.3 Å². The van der Waals surface area contributed by atoms with Gasteiger partial charge in [0.25, 0.3) is 16.1 Å². The number of piperazine rings is 1. The van der Waals surface area contributed by atoms with Gasteiger partial charge in [0.15, 0.2) is 5.78 Å². The van der Waals surface area contributed by atoms with Crippen molar-refractivity contribution in [3.63, 3.8) is 0 Å². The van der Waals surface area contributed by atoms with Gasteiger partial charge in [-0.25, -0.2) is 0 Å². The fourth-order valence-electron chi connectivity index (χ4n) is 7.28. The molecule has 12 nitrogen and oxygen atoms in total. The summed E-state index contributed by atoms with van der Waals surface area (Å²) >= 11 is 0. The molecule has 242 valence electrons. The van der Waals surface area contributed by atoms with Crippen molar-refractivity contribution < 1.29 is 18.0 Å². The Balaban J connectivity index is 1.19. The van der Waals surface area contributed by atoms with E-state index in [0.29, 0.717) is 69.1 Å².